The van der Waals surface area contributed by atoms with Gasteiger partial charge in [-0.15, -0.1) is 0 Å². The molecule has 0 atom stereocenters. The summed E-state index contributed by atoms with van der Waals surface area (Å²) in [7, 11) is 1.71. The summed E-state index contributed by atoms with van der Waals surface area (Å²) in [6, 6.07) is 9.54. The largest absolute Gasteiger partial charge is 0.324 e. The summed E-state index contributed by atoms with van der Waals surface area (Å²) in [5.74, 6) is 0. The van der Waals surface area contributed by atoms with Crippen LogP contribution in [-0.2, 0) is 7.05 Å². The van der Waals surface area contributed by atoms with Crippen LogP contribution in [0.1, 0.15) is 5.69 Å². The number of rotatable bonds is 3. The molecular weight excluding hydrogens is 238 g/mol. The lowest BCUT2D eigenvalue weighted by Crippen LogP contribution is -1.94. The molecule has 0 bridgehead atoms. The van der Waals surface area contributed by atoms with E-state index in [-0.39, 0.29) is 10.6 Å². The molecule has 0 fully saturated rings. The Balaban J connectivity index is 2.42. The number of benzene rings is 1. The fourth-order valence-electron chi connectivity index (χ4n) is 1.55. The van der Waals surface area contributed by atoms with E-state index in [0.29, 0.717) is 10.7 Å². The van der Waals surface area contributed by atoms with E-state index in [2.05, 4.69) is 5.10 Å². The van der Waals surface area contributed by atoms with Crippen LogP contribution in [0.2, 0.25) is 0 Å². The molecule has 0 aliphatic carbocycles. The van der Waals surface area contributed by atoms with Crippen molar-refractivity contribution in [1.29, 1.82) is 0 Å². The molecule has 0 radical (unpaired) electrons. The summed E-state index contributed by atoms with van der Waals surface area (Å²) < 4.78 is 1.55. The second-order valence-corrected chi connectivity index (χ2v) is 4.60. The van der Waals surface area contributed by atoms with Gasteiger partial charge in [0.2, 0.25) is 0 Å². The minimum Gasteiger partial charge on any atom is -0.258 e. The van der Waals surface area contributed by atoms with Gasteiger partial charge >= 0.3 is 5.69 Å². The van der Waals surface area contributed by atoms with E-state index in [0.717, 1.165) is 4.90 Å². The second kappa shape index (κ2) is 4.58. The molecule has 1 aromatic carbocycles. The molecule has 2 aromatic rings. The highest BCUT2D eigenvalue weighted by molar-refractivity contribution is 7.99. The van der Waals surface area contributed by atoms with Crippen molar-refractivity contribution >= 4 is 17.4 Å². The molecule has 88 valence electrons. The summed E-state index contributed by atoms with van der Waals surface area (Å²) in [5.41, 5.74) is 0.525. The van der Waals surface area contributed by atoms with E-state index < -0.39 is 0 Å². The Kier molecular flexibility index (Phi) is 3.14. The van der Waals surface area contributed by atoms with E-state index in [9.17, 15) is 10.1 Å². The average Bonchev–Trinajstić information content (AvgIpc) is 2.55. The Bertz CT molecular complexity index is 551. The first-order valence-electron chi connectivity index (χ1n) is 5.00. The number of nitrogens with zero attached hydrogens (tertiary/aromatic N) is 3. The van der Waals surface area contributed by atoms with E-state index in [1.54, 1.807) is 18.7 Å². The van der Waals surface area contributed by atoms with Gasteiger partial charge in [0.25, 0.3) is 0 Å². The number of nitro groups is 1. The first kappa shape index (κ1) is 11.7. The van der Waals surface area contributed by atoms with Gasteiger partial charge in [0.05, 0.1) is 4.92 Å². The molecular formula is C11H11N3O2S. The monoisotopic (exact) mass is 249 g/mol. The van der Waals surface area contributed by atoms with Crippen LogP contribution in [0, 0.1) is 17.0 Å². The van der Waals surface area contributed by atoms with Crippen LogP contribution in [0.15, 0.2) is 40.3 Å². The van der Waals surface area contributed by atoms with Crippen molar-refractivity contribution < 1.29 is 4.92 Å². The SMILES string of the molecule is Cc1nn(C)c(Sc2ccccc2)c1[N+](=O)[O-]. The van der Waals surface area contributed by atoms with E-state index in [1.165, 1.54) is 11.8 Å². The van der Waals surface area contributed by atoms with Crippen LogP contribution in [0.3, 0.4) is 0 Å². The molecule has 0 saturated carbocycles. The van der Waals surface area contributed by atoms with Gasteiger partial charge in [-0.2, -0.15) is 5.10 Å². The molecule has 0 N–H and O–H groups in total. The van der Waals surface area contributed by atoms with Crippen LogP contribution in [-0.4, -0.2) is 14.7 Å². The molecule has 17 heavy (non-hydrogen) atoms. The third-order valence-electron chi connectivity index (χ3n) is 2.28. The minimum atomic E-state index is -0.381. The lowest BCUT2D eigenvalue weighted by Gasteiger charge is -2.00. The molecule has 6 heteroatoms. The maximum Gasteiger partial charge on any atom is 0.324 e. The molecule has 0 aliphatic heterocycles. The van der Waals surface area contributed by atoms with Crippen LogP contribution in [0.4, 0.5) is 5.69 Å². The first-order chi connectivity index (χ1) is 8.09. The van der Waals surface area contributed by atoms with Gasteiger partial charge in [0.15, 0.2) is 5.03 Å². The first-order valence-corrected chi connectivity index (χ1v) is 5.82. The Hall–Kier alpha value is -1.82. The van der Waals surface area contributed by atoms with Gasteiger partial charge < -0.3 is 0 Å². The summed E-state index contributed by atoms with van der Waals surface area (Å²) in [4.78, 5) is 11.6. The lowest BCUT2D eigenvalue weighted by atomic mass is 10.4. The third-order valence-corrected chi connectivity index (χ3v) is 3.44. The second-order valence-electron chi connectivity index (χ2n) is 3.54. The van der Waals surface area contributed by atoms with Crippen molar-refractivity contribution in [2.24, 2.45) is 7.05 Å². The van der Waals surface area contributed by atoms with E-state index in [4.69, 9.17) is 0 Å². The molecule has 0 amide bonds. The normalized spacial score (nSPS) is 10.5. The fourth-order valence-corrected chi connectivity index (χ4v) is 2.56. The standard InChI is InChI=1S/C11H11N3O2S/c1-8-10(14(15)16)11(13(2)12-8)17-9-6-4-3-5-7-9/h3-7H,1-2H3. The minimum absolute atomic E-state index is 0.0846. The van der Waals surface area contributed by atoms with Crippen LogP contribution in [0.25, 0.3) is 0 Å². The molecule has 0 spiro atoms. The highest BCUT2D eigenvalue weighted by Crippen LogP contribution is 2.35. The van der Waals surface area contributed by atoms with Crippen LogP contribution in [0.5, 0.6) is 0 Å². The Morgan fingerprint density at radius 3 is 2.59 bits per heavy atom. The maximum absolute atomic E-state index is 11.0. The number of aromatic nitrogens is 2. The van der Waals surface area contributed by atoms with Gasteiger partial charge in [0.1, 0.15) is 5.69 Å². The van der Waals surface area contributed by atoms with Gasteiger partial charge in [0, 0.05) is 11.9 Å². The Morgan fingerprint density at radius 1 is 1.35 bits per heavy atom. The molecule has 0 aliphatic rings. The van der Waals surface area contributed by atoms with Crippen molar-refractivity contribution in [3.63, 3.8) is 0 Å². The summed E-state index contributed by atoms with van der Waals surface area (Å²) in [6.45, 7) is 1.65. The molecule has 5 nitrogen and oxygen atoms in total. The molecule has 0 unspecified atom stereocenters. The van der Waals surface area contributed by atoms with E-state index >= 15 is 0 Å². The van der Waals surface area contributed by atoms with Crippen LogP contribution < -0.4 is 0 Å². The zero-order valence-corrected chi connectivity index (χ0v) is 10.3. The summed E-state index contributed by atoms with van der Waals surface area (Å²) in [5, 5.41) is 15.6. The number of aryl methyl sites for hydroxylation is 2. The number of hydrogen-bond acceptors (Lipinski definition) is 4. The van der Waals surface area contributed by atoms with Crippen molar-refractivity contribution in [3.8, 4) is 0 Å². The molecule has 0 saturated heterocycles. The lowest BCUT2D eigenvalue weighted by molar-refractivity contribution is -0.388. The Morgan fingerprint density at radius 2 is 2.00 bits per heavy atom. The fraction of sp³-hybridized carbons (Fsp3) is 0.182. The van der Waals surface area contributed by atoms with Gasteiger partial charge in [-0.3, -0.25) is 14.8 Å². The van der Waals surface area contributed by atoms with Gasteiger partial charge in [-0.25, -0.2) is 0 Å². The van der Waals surface area contributed by atoms with Gasteiger partial charge in [-0.05, 0) is 19.1 Å². The predicted molar refractivity (Wildman–Crippen MR) is 65.2 cm³/mol. The Labute approximate surface area is 103 Å². The van der Waals surface area contributed by atoms with Crippen LogP contribution >= 0.6 is 11.8 Å². The molecule has 1 heterocycles. The van der Waals surface area contributed by atoms with Crippen molar-refractivity contribution in [2.75, 3.05) is 0 Å². The molecule has 1 aromatic heterocycles. The number of hydrogen-bond donors (Lipinski definition) is 0. The molecule has 2 rings (SSSR count). The highest BCUT2D eigenvalue weighted by Gasteiger charge is 2.24. The third kappa shape index (κ3) is 2.31. The predicted octanol–water partition coefficient (Wildman–Crippen LogP) is 2.79. The summed E-state index contributed by atoms with van der Waals surface area (Å²) in [6.07, 6.45) is 0. The van der Waals surface area contributed by atoms with Crippen molar-refractivity contribution in [3.05, 3.63) is 46.1 Å². The smallest absolute Gasteiger partial charge is 0.258 e. The zero-order chi connectivity index (χ0) is 12.4. The quantitative estimate of drug-likeness (QED) is 0.620. The topological polar surface area (TPSA) is 61.0 Å². The maximum atomic E-state index is 11.0. The highest BCUT2D eigenvalue weighted by atomic mass is 32.2. The van der Waals surface area contributed by atoms with Crippen molar-refractivity contribution in [1.82, 2.24) is 9.78 Å². The van der Waals surface area contributed by atoms with Gasteiger partial charge in [-0.1, -0.05) is 30.0 Å². The summed E-state index contributed by atoms with van der Waals surface area (Å²) >= 11 is 1.35. The average molecular weight is 249 g/mol. The van der Waals surface area contributed by atoms with E-state index in [1.807, 2.05) is 30.3 Å². The zero-order valence-electron chi connectivity index (χ0n) is 9.45. The van der Waals surface area contributed by atoms with Crippen molar-refractivity contribution in [2.45, 2.75) is 16.8 Å².